The third kappa shape index (κ3) is 3.75. The van der Waals surface area contributed by atoms with Gasteiger partial charge < -0.3 is 4.40 Å². The van der Waals surface area contributed by atoms with Gasteiger partial charge in [-0.1, -0.05) is 77.9 Å². The molecule has 218 valence electrons. The number of hydrogen-bond donors (Lipinski definition) is 0. The fraction of sp³-hybridized carbons (Fsp3) is 0.341. The molecule has 0 atom stereocenters. The summed E-state index contributed by atoms with van der Waals surface area (Å²) in [6, 6.07) is 19.2. The van der Waals surface area contributed by atoms with Crippen LogP contribution in [0.3, 0.4) is 0 Å². The Balaban J connectivity index is 1.86. The summed E-state index contributed by atoms with van der Waals surface area (Å²) >= 11 is 0. The van der Waals surface area contributed by atoms with Crippen molar-refractivity contribution in [2.75, 3.05) is 0 Å². The van der Waals surface area contributed by atoms with E-state index in [1.807, 2.05) is 0 Å². The van der Waals surface area contributed by atoms with Crippen molar-refractivity contribution in [3.05, 3.63) is 93.7 Å². The topological polar surface area (TPSA) is 8.29 Å². The molecule has 0 N–H and O–H groups in total. The van der Waals surface area contributed by atoms with E-state index in [4.69, 9.17) is 0 Å². The van der Waals surface area contributed by atoms with Crippen LogP contribution in [0, 0.1) is 27.7 Å². The Morgan fingerprint density at radius 2 is 1.30 bits per heavy atom. The number of fused-ring (bicyclic) bond motifs is 6. The van der Waals surface area contributed by atoms with E-state index in [0.29, 0.717) is 17.8 Å². The van der Waals surface area contributed by atoms with Crippen molar-refractivity contribution >= 4 is 49.0 Å². The van der Waals surface area contributed by atoms with Crippen LogP contribution in [0.1, 0.15) is 98.2 Å². The van der Waals surface area contributed by atoms with Gasteiger partial charge in [-0.05, 0) is 107 Å². The minimum Gasteiger partial charge on any atom is -0.307 e. The zero-order chi connectivity index (χ0) is 30.6. The van der Waals surface area contributed by atoms with Crippen LogP contribution < -0.4 is 4.57 Å². The summed E-state index contributed by atoms with van der Waals surface area (Å²) in [4.78, 5) is 0. The predicted molar refractivity (Wildman–Crippen MR) is 186 cm³/mol. The van der Waals surface area contributed by atoms with Gasteiger partial charge in [0.15, 0.2) is 6.20 Å². The second-order valence-electron chi connectivity index (χ2n) is 14.1. The molecule has 0 aliphatic rings. The SMILES string of the molecule is Cc1cc(C)c2c(c1C)c1c3c(cc[n+]1C)cc(-c1c(C(C)C)cc(C(C)C)cc1C(C)C)c1c4cccc(C)c4n2c13. The fourth-order valence-electron chi connectivity index (χ4n) is 7.92. The first kappa shape index (κ1) is 27.9. The van der Waals surface area contributed by atoms with Gasteiger partial charge in [0.25, 0.3) is 0 Å². The molecule has 0 bridgehead atoms. The van der Waals surface area contributed by atoms with Gasteiger partial charge in [-0.25, -0.2) is 4.57 Å². The number of aromatic nitrogens is 2. The van der Waals surface area contributed by atoms with E-state index in [2.05, 4.69) is 140 Å². The highest BCUT2D eigenvalue weighted by Gasteiger charge is 2.29. The van der Waals surface area contributed by atoms with Gasteiger partial charge >= 0.3 is 0 Å². The molecular formula is C41H45N2+. The molecule has 3 heterocycles. The summed E-state index contributed by atoms with van der Waals surface area (Å²) in [5.41, 5.74) is 17.9. The Bertz CT molecular complexity index is 2230. The van der Waals surface area contributed by atoms with Crippen LogP contribution in [0.15, 0.2) is 54.7 Å². The molecule has 0 saturated carbocycles. The smallest absolute Gasteiger partial charge is 0.224 e. The zero-order valence-corrected chi connectivity index (χ0v) is 27.8. The minimum atomic E-state index is 0.415. The number of para-hydroxylation sites is 1. The lowest BCUT2D eigenvalue weighted by molar-refractivity contribution is -0.643. The second-order valence-corrected chi connectivity index (χ2v) is 14.1. The molecule has 0 aliphatic carbocycles. The maximum absolute atomic E-state index is 2.64. The first-order valence-electron chi connectivity index (χ1n) is 16.1. The average molecular weight is 566 g/mol. The van der Waals surface area contributed by atoms with Crippen molar-refractivity contribution in [3.8, 4) is 11.1 Å². The molecule has 0 radical (unpaired) electrons. The third-order valence-corrected chi connectivity index (χ3v) is 10.2. The van der Waals surface area contributed by atoms with Gasteiger partial charge in [0, 0.05) is 16.8 Å². The summed E-state index contributed by atoms with van der Waals surface area (Å²) in [6.45, 7) is 23.3. The first-order chi connectivity index (χ1) is 20.4. The molecule has 2 nitrogen and oxygen atoms in total. The number of aryl methyl sites for hydroxylation is 5. The van der Waals surface area contributed by atoms with Gasteiger partial charge in [0.2, 0.25) is 5.52 Å². The minimum absolute atomic E-state index is 0.415. The van der Waals surface area contributed by atoms with Gasteiger partial charge in [0.05, 0.1) is 27.3 Å². The summed E-state index contributed by atoms with van der Waals surface area (Å²) in [6.07, 6.45) is 2.27. The van der Waals surface area contributed by atoms with Crippen LogP contribution in [-0.2, 0) is 7.05 Å². The normalized spacial score (nSPS) is 12.7. The predicted octanol–water partition coefficient (Wildman–Crippen LogP) is 11.1. The molecular weight excluding hydrogens is 520 g/mol. The molecule has 43 heavy (non-hydrogen) atoms. The van der Waals surface area contributed by atoms with E-state index in [9.17, 15) is 0 Å². The molecule has 3 aromatic heterocycles. The Kier molecular flexibility index (Phi) is 6.19. The lowest BCUT2D eigenvalue weighted by Gasteiger charge is -2.24. The van der Waals surface area contributed by atoms with Crippen molar-refractivity contribution in [1.29, 1.82) is 0 Å². The van der Waals surface area contributed by atoms with Gasteiger partial charge in [0.1, 0.15) is 7.05 Å². The number of benzene rings is 4. The Hall–Kier alpha value is -3.91. The van der Waals surface area contributed by atoms with Crippen molar-refractivity contribution in [1.82, 2.24) is 4.40 Å². The van der Waals surface area contributed by atoms with Crippen LogP contribution in [-0.4, -0.2) is 4.40 Å². The number of pyridine rings is 2. The summed E-state index contributed by atoms with van der Waals surface area (Å²) in [7, 11) is 2.22. The largest absolute Gasteiger partial charge is 0.307 e. The molecule has 2 heteroatoms. The molecule has 0 fully saturated rings. The van der Waals surface area contributed by atoms with Crippen LogP contribution in [0.4, 0.5) is 0 Å². The van der Waals surface area contributed by atoms with E-state index in [1.54, 1.807) is 0 Å². The summed E-state index contributed by atoms with van der Waals surface area (Å²) in [5, 5.41) is 6.81. The van der Waals surface area contributed by atoms with Crippen LogP contribution >= 0.6 is 0 Å². The molecule has 7 rings (SSSR count). The quantitative estimate of drug-likeness (QED) is 0.114. The second kappa shape index (κ2) is 9.55. The van der Waals surface area contributed by atoms with E-state index in [1.165, 1.54) is 99.1 Å². The Morgan fingerprint density at radius 1 is 0.628 bits per heavy atom. The molecule has 0 saturated heterocycles. The van der Waals surface area contributed by atoms with Crippen molar-refractivity contribution < 1.29 is 4.57 Å². The third-order valence-electron chi connectivity index (χ3n) is 10.2. The fourth-order valence-corrected chi connectivity index (χ4v) is 7.92. The first-order valence-corrected chi connectivity index (χ1v) is 16.1. The highest BCUT2D eigenvalue weighted by atomic mass is 15.0. The van der Waals surface area contributed by atoms with Crippen LogP contribution in [0.5, 0.6) is 0 Å². The maximum Gasteiger partial charge on any atom is 0.224 e. The standard InChI is InChI=1S/C41H45N2/c1-21(2)29-19-31(22(3)4)36(32(20-29)23(5)6)33-18-28-15-16-42(11)40-34-27(10)25(8)17-26(9)39(34)43-38-24(7)13-12-14-30(38)37(33)41(43)35(28)40/h12-23H,1-11H3/q+1. The van der Waals surface area contributed by atoms with Gasteiger partial charge in [-0.2, -0.15) is 0 Å². The molecule has 0 unspecified atom stereocenters. The molecule has 0 spiro atoms. The molecule has 0 amide bonds. The molecule has 7 aromatic rings. The lowest BCUT2D eigenvalue weighted by atomic mass is 9.80. The van der Waals surface area contributed by atoms with E-state index >= 15 is 0 Å². The van der Waals surface area contributed by atoms with Gasteiger partial charge in [-0.3, -0.25) is 0 Å². The maximum atomic E-state index is 2.64. The van der Waals surface area contributed by atoms with Crippen LogP contribution in [0.2, 0.25) is 0 Å². The summed E-state index contributed by atoms with van der Waals surface area (Å²) in [5.74, 6) is 1.32. The van der Waals surface area contributed by atoms with E-state index < -0.39 is 0 Å². The van der Waals surface area contributed by atoms with Crippen LogP contribution in [0.25, 0.3) is 60.1 Å². The van der Waals surface area contributed by atoms with E-state index in [-0.39, 0.29) is 0 Å². The average Bonchev–Trinajstić information content (AvgIpc) is 3.31. The van der Waals surface area contributed by atoms with Gasteiger partial charge in [-0.15, -0.1) is 0 Å². The summed E-state index contributed by atoms with van der Waals surface area (Å²) < 4.78 is 5.00. The monoisotopic (exact) mass is 565 g/mol. The molecule has 0 aliphatic heterocycles. The lowest BCUT2D eigenvalue weighted by Crippen LogP contribution is -2.29. The molecule has 4 aromatic carbocycles. The van der Waals surface area contributed by atoms with E-state index in [0.717, 1.165) is 0 Å². The number of hydrogen-bond acceptors (Lipinski definition) is 0. The highest BCUT2D eigenvalue weighted by molar-refractivity contribution is 6.31. The Labute approximate surface area is 256 Å². The van der Waals surface area contributed by atoms with Crippen molar-refractivity contribution in [2.45, 2.75) is 87.0 Å². The van der Waals surface area contributed by atoms with Crippen molar-refractivity contribution in [3.63, 3.8) is 0 Å². The zero-order valence-electron chi connectivity index (χ0n) is 27.8. The number of rotatable bonds is 4. The highest BCUT2D eigenvalue weighted by Crippen LogP contribution is 2.49. The van der Waals surface area contributed by atoms with Crippen molar-refractivity contribution in [2.24, 2.45) is 7.05 Å². The number of nitrogens with zero attached hydrogens (tertiary/aromatic N) is 2. The Morgan fingerprint density at radius 3 is 1.93 bits per heavy atom.